The van der Waals surface area contributed by atoms with E-state index in [0.29, 0.717) is 12.1 Å². The Morgan fingerprint density at radius 1 is 1.37 bits per heavy atom. The molecule has 1 unspecified atom stereocenters. The Bertz CT molecular complexity index is 408. The van der Waals surface area contributed by atoms with Crippen LogP contribution in [0.2, 0.25) is 0 Å². The lowest BCUT2D eigenvalue weighted by atomic mass is 9.98. The highest BCUT2D eigenvalue weighted by Gasteiger charge is 2.24. The molecule has 106 valence electrons. The van der Waals surface area contributed by atoms with Crippen molar-refractivity contribution in [1.82, 2.24) is 15.3 Å². The summed E-state index contributed by atoms with van der Waals surface area (Å²) in [6.45, 7) is 5.68. The fourth-order valence-electron chi connectivity index (χ4n) is 1.77. The normalized spacial score (nSPS) is 13.7. The Morgan fingerprint density at radius 2 is 2.00 bits per heavy atom. The van der Waals surface area contributed by atoms with E-state index >= 15 is 0 Å². The van der Waals surface area contributed by atoms with Crippen LogP contribution < -0.4 is 10.6 Å². The minimum Gasteiger partial charge on any atom is -0.394 e. The van der Waals surface area contributed by atoms with Crippen molar-refractivity contribution in [2.45, 2.75) is 45.6 Å². The molecule has 19 heavy (non-hydrogen) atoms. The molecule has 6 nitrogen and oxygen atoms in total. The number of aryl methyl sites for hydroxylation is 1. The third-order valence-corrected chi connectivity index (χ3v) is 2.85. The number of hydrogen-bond donors (Lipinski definition) is 3. The largest absolute Gasteiger partial charge is 0.394 e. The van der Waals surface area contributed by atoms with Crippen molar-refractivity contribution in [3.05, 3.63) is 18.2 Å². The van der Waals surface area contributed by atoms with Crippen LogP contribution in [0.1, 0.15) is 39.4 Å². The summed E-state index contributed by atoms with van der Waals surface area (Å²) < 4.78 is 0. The van der Waals surface area contributed by atoms with E-state index < -0.39 is 5.54 Å². The van der Waals surface area contributed by atoms with Gasteiger partial charge in [0, 0.05) is 6.42 Å². The van der Waals surface area contributed by atoms with Crippen LogP contribution in [0.4, 0.5) is 10.5 Å². The Kier molecular flexibility index (Phi) is 5.69. The molecule has 1 atom stereocenters. The van der Waals surface area contributed by atoms with Crippen LogP contribution in [0.3, 0.4) is 0 Å². The molecule has 0 saturated carbocycles. The molecule has 2 amide bonds. The quantitative estimate of drug-likeness (QED) is 0.731. The van der Waals surface area contributed by atoms with Gasteiger partial charge in [-0.3, -0.25) is 0 Å². The summed E-state index contributed by atoms with van der Waals surface area (Å²) in [4.78, 5) is 20.0. The standard InChI is InChI=1S/C13H22N4O2/c1-4-6-13(3,9-18)17-12(19)16-10-7-14-11(5-2)15-8-10/h7-8,18H,4-6,9H2,1-3H3,(H2,16,17,19). The fourth-order valence-corrected chi connectivity index (χ4v) is 1.77. The first-order valence-electron chi connectivity index (χ1n) is 6.54. The number of amides is 2. The number of hydrogen-bond acceptors (Lipinski definition) is 4. The van der Waals surface area contributed by atoms with E-state index in [-0.39, 0.29) is 12.6 Å². The minimum absolute atomic E-state index is 0.0977. The number of aliphatic hydroxyl groups excluding tert-OH is 1. The fraction of sp³-hybridized carbons (Fsp3) is 0.615. The molecule has 3 N–H and O–H groups in total. The third kappa shape index (κ3) is 4.82. The van der Waals surface area contributed by atoms with Crippen LogP contribution in [-0.4, -0.2) is 33.3 Å². The number of carbonyl (C=O) groups is 1. The second-order valence-corrected chi connectivity index (χ2v) is 4.79. The predicted molar refractivity (Wildman–Crippen MR) is 74.0 cm³/mol. The maximum absolute atomic E-state index is 11.8. The summed E-state index contributed by atoms with van der Waals surface area (Å²) in [5.74, 6) is 0.733. The van der Waals surface area contributed by atoms with Gasteiger partial charge in [0.25, 0.3) is 0 Å². The first kappa shape index (κ1) is 15.4. The van der Waals surface area contributed by atoms with E-state index in [9.17, 15) is 9.90 Å². The molecule has 1 aromatic heterocycles. The van der Waals surface area contributed by atoms with Crippen molar-refractivity contribution in [2.75, 3.05) is 11.9 Å². The van der Waals surface area contributed by atoms with Gasteiger partial charge in [-0.15, -0.1) is 0 Å². The predicted octanol–water partition coefficient (Wildman–Crippen LogP) is 1.71. The van der Waals surface area contributed by atoms with Crippen LogP contribution in [0.5, 0.6) is 0 Å². The Labute approximate surface area is 113 Å². The van der Waals surface area contributed by atoms with Crippen molar-refractivity contribution in [3.63, 3.8) is 0 Å². The zero-order valence-electron chi connectivity index (χ0n) is 11.7. The average molecular weight is 266 g/mol. The van der Waals surface area contributed by atoms with Gasteiger partial charge in [-0.25, -0.2) is 14.8 Å². The van der Waals surface area contributed by atoms with E-state index in [1.807, 2.05) is 20.8 Å². The maximum Gasteiger partial charge on any atom is 0.319 e. The van der Waals surface area contributed by atoms with E-state index in [2.05, 4.69) is 20.6 Å². The number of anilines is 1. The summed E-state index contributed by atoms with van der Waals surface area (Å²) in [5, 5.41) is 14.8. The molecule has 1 rings (SSSR count). The second kappa shape index (κ2) is 7.04. The lowest BCUT2D eigenvalue weighted by molar-refractivity contribution is 0.167. The average Bonchev–Trinajstić information content (AvgIpc) is 2.39. The molecular formula is C13H22N4O2. The molecule has 0 saturated heterocycles. The topological polar surface area (TPSA) is 87.1 Å². The van der Waals surface area contributed by atoms with Crippen LogP contribution in [0.25, 0.3) is 0 Å². The monoisotopic (exact) mass is 266 g/mol. The van der Waals surface area contributed by atoms with Crippen molar-refractivity contribution in [2.24, 2.45) is 0 Å². The summed E-state index contributed by atoms with van der Waals surface area (Å²) in [7, 11) is 0. The van der Waals surface area contributed by atoms with Crippen LogP contribution in [0, 0.1) is 0 Å². The van der Waals surface area contributed by atoms with Gasteiger partial charge >= 0.3 is 6.03 Å². The van der Waals surface area contributed by atoms with Gasteiger partial charge in [-0.2, -0.15) is 0 Å². The maximum atomic E-state index is 11.8. The van der Waals surface area contributed by atoms with Gasteiger partial charge in [0.15, 0.2) is 0 Å². The van der Waals surface area contributed by atoms with Gasteiger partial charge in [-0.05, 0) is 13.3 Å². The number of nitrogens with zero attached hydrogens (tertiary/aromatic N) is 2. The van der Waals surface area contributed by atoms with Gasteiger partial charge in [0.1, 0.15) is 5.82 Å². The van der Waals surface area contributed by atoms with E-state index in [0.717, 1.165) is 18.7 Å². The Morgan fingerprint density at radius 3 is 2.47 bits per heavy atom. The van der Waals surface area contributed by atoms with Crippen LogP contribution in [-0.2, 0) is 6.42 Å². The van der Waals surface area contributed by atoms with Gasteiger partial charge < -0.3 is 15.7 Å². The molecule has 0 spiro atoms. The summed E-state index contributed by atoms with van der Waals surface area (Å²) in [6.07, 6.45) is 5.49. The number of aromatic nitrogens is 2. The molecule has 0 aliphatic heterocycles. The molecule has 0 aromatic carbocycles. The van der Waals surface area contributed by atoms with E-state index in [1.165, 1.54) is 0 Å². The zero-order valence-corrected chi connectivity index (χ0v) is 11.7. The number of urea groups is 1. The molecule has 6 heteroatoms. The van der Waals surface area contributed by atoms with Gasteiger partial charge in [0.2, 0.25) is 0 Å². The highest BCUT2D eigenvalue weighted by molar-refractivity contribution is 5.89. The zero-order chi connectivity index (χ0) is 14.3. The first-order chi connectivity index (χ1) is 9.03. The van der Waals surface area contributed by atoms with Crippen molar-refractivity contribution >= 4 is 11.7 Å². The summed E-state index contributed by atoms with van der Waals surface area (Å²) in [6, 6.07) is -0.363. The lowest BCUT2D eigenvalue weighted by Gasteiger charge is -2.28. The Hall–Kier alpha value is -1.69. The molecule has 0 aliphatic rings. The number of aliphatic hydroxyl groups is 1. The van der Waals surface area contributed by atoms with Crippen molar-refractivity contribution < 1.29 is 9.90 Å². The smallest absolute Gasteiger partial charge is 0.319 e. The molecule has 1 aromatic rings. The van der Waals surface area contributed by atoms with Crippen molar-refractivity contribution in [1.29, 1.82) is 0 Å². The van der Waals surface area contributed by atoms with Gasteiger partial charge in [-0.1, -0.05) is 20.3 Å². The molecule has 1 heterocycles. The summed E-state index contributed by atoms with van der Waals surface area (Å²) >= 11 is 0. The highest BCUT2D eigenvalue weighted by Crippen LogP contribution is 2.12. The number of rotatable bonds is 6. The minimum atomic E-state index is -0.608. The van der Waals surface area contributed by atoms with E-state index in [4.69, 9.17) is 0 Å². The van der Waals surface area contributed by atoms with Crippen LogP contribution >= 0.6 is 0 Å². The van der Waals surface area contributed by atoms with E-state index in [1.54, 1.807) is 12.4 Å². The lowest BCUT2D eigenvalue weighted by Crippen LogP contribution is -2.50. The second-order valence-electron chi connectivity index (χ2n) is 4.79. The molecule has 0 fully saturated rings. The molecule has 0 aliphatic carbocycles. The van der Waals surface area contributed by atoms with Crippen molar-refractivity contribution in [3.8, 4) is 0 Å². The van der Waals surface area contributed by atoms with Crippen LogP contribution in [0.15, 0.2) is 12.4 Å². The first-order valence-corrected chi connectivity index (χ1v) is 6.54. The SMILES string of the molecule is CCCC(C)(CO)NC(=O)Nc1cnc(CC)nc1. The molecular weight excluding hydrogens is 244 g/mol. The summed E-state index contributed by atoms with van der Waals surface area (Å²) in [5.41, 5.74) is -0.0743. The Balaban J connectivity index is 2.58. The van der Waals surface area contributed by atoms with Gasteiger partial charge in [0.05, 0.1) is 30.2 Å². The third-order valence-electron chi connectivity index (χ3n) is 2.85. The molecule has 0 radical (unpaired) electrons. The number of carbonyl (C=O) groups excluding carboxylic acids is 1. The number of nitrogens with one attached hydrogen (secondary N) is 2. The molecule has 0 bridgehead atoms. The highest BCUT2D eigenvalue weighted by atomic mass is 16.3.